The van der Waals surface area contributed by atoms with Crippen LogP contribution in [0.15, 0.2) is 89.1 Å². The first-order valence-electron chi connectivity index (χ1n) is 11.3. The predicted molar refractivity (Wildman–Crippen MR) is 132 cm³/mol. The lowest BCUT2D eigenvalue weighted by molar-refractivity contribution is 0.203. The van der Waals surface area contributed by atoms with Gasteiger partial charge in [-0.15, -0.1) is 0 Å². The van der Waals surface area contributed by atoms with Crippen LogP contribution in [0, 0.1) is 13.8 Å². The number of carbonyl (C=O) groups is 1. The molecule has 3 aromatic carbocycles. The molecule has 0 bridgehead atoms. The van der Waals surface area contributed by atoms with Gasteiger partial charge < -0.3 is 9.84 Å². The van der Waals surface area contributed by atoms with E-state index in [1.807, 2.05) is 99.6 Å². The fraction of sp³-hybridized carbons (Fsp3) is 0.179. The number of hydrogen-bond acceptors (Lipinski definition) is 4. The number of hydrogen-bond donors (Lipinski definition) is 1. The van der Waals surface area contributed by atoms with Gasteiger partial charge >= 0.3 is 6.03 Å². The maximum Gasteiger partial charge on any atom is 0.322 e. The summed E-state index contributed by atoms with van der Waals surface area (Å²) in [7, 11) is 0. The van der Waals surface area contributed by atoms with E-state index in [1.54, 1.807) is 4.90 Å². The van der Waals surface area contributed by atoms with Crippen molar-refractivity contribution < 1.29 is 9.32 Å². The normalized spacial score (nSPS) is 16.0. The smallest absolute Gasteiger partial charge is 0.322 e. The van der Waals surface area contributed by atoms with Gasteiger partial charge in [0.2, 0.25) is 5.82 Å². The molecular weight excluding hydrogens is 424 g/mol. The molecule has 1 aliphatic rings. The van der Waals surface area contributed by atoms with Crippen molar-refractivity contribution in [3.8, 4) is 11.4 Å². The number of urea groups is 1. The van der Waals surface area contributed by atoms with E-state index in [2.05, 4.69) is 10.5 Å². The van der Waals surface area contributed by atoms with Crippen LogP contribution in [0.25, 0.3) is 17.0 Å². The summed E-state index contributed by atoms with van der Waals surface area (Å²) in [5, 5.41) is 7.40. The average Bonchev–Trinajstić information content (AvgIpc) is 3.33. The van der Waals surface area contributed by atoms with E-state index in [-0.39, 0.29) is 6.03 Å². The second-order valence-corrected chi connectivity index (χ2v) is 8.65. The van der Waals surface area contributed by atoms with Crippen LogP contribution in [0.2, 0.25) is 0 Å². The fourth-order valence-electron chi connectivity index (χ4n) is 4.18. The zero-order valence-electron chi connectivity index (χ0n) is 19.4. The second-order valence-electron chi connectivity index (χ2n) is 8.65. The molecule has 0 fully saturated rings. The van der Waals surface area contributed by atoms with E-state index in [0.29, 0.717) is 18.3 Å². The van der Waals surface area contributed by atoms with Gasteiger partial charge in [-0.1, -0.05) is 95.1 Å². The molecular formula is C28H26N4O2. The minimum absolute atomic E-state index is 0.158. The van der Waals surface area contributed by atoms with Crippen molar-refractivity contribution in [3.63, 3.8) is 0 Å². The van der Waals surface area contributed by atoms with Crippen molar-refractivity contribution in [2.75, 3.05) is 0 Å². The molecule has 0 radical (unpaired) electrons. The highest BCUT2D eigenvalue weighted by molar-refractivity contribution is 5.86. The standard InChI is InChI=1S/C28H26N4O2/c1-18-9-13-22(14-10-18)25-24(27-30-26(31-34-27)23-15-11-19(2)12-16-23)20(3)32(28(33)29-25)17-21-7-5-4-6-8-21/h4-16,25H,17H2,1-3H3,(H,29,33). The molecule has 1 atom stereocenters. The Morgan fingerprint density at radius 1 is 0.882 bits per heavy atom. The first-order chi connectivity index (χ1) is 16.5. The number of nitrogens with zero attached hydrogens (tertiary/aromatic N) is 3. The summed E-state index contributed by atoms with van der Waals surface area (Å²) < 4.78 is 5.77. The summed E-state index contributed by atoms with van der Waals surface area (Å²) in [6, 6.07) is 25.5. The van der Waals surface area contributed by atoms with Crippen LogP contribution in [0.5, 0.6) is 0 Å². The van der Waals surface area contributed by atoms with Crippen molar-refractivity contribution in [2.45, 2.75) is 33.4 Å². The lowest BCUT2D eigenvalue weighted by Crippen LogP contribution is -2.45. The number of amides is 2. The molecule has 5 rings (SSSR count). The molecule has 170 valence electrons. The van der Waals surface area contributed by atoms with Crippen LogP contribution in [-0.4, -0.2) is 21.1 Å². The molecule has 2 heterocycles. The summed E-state index contributed by atoms with van der Waals surface area (Å²) in [6.07, 6.45) is 0. The second kappa shape index (κ2) is 8.98. The molecule has 0 saturated carbocycles. The zero-order valence-corrected chi connectivity index (χ0v) is 19.4. The van der Waals surface area contributed by atoms with Gasteiger partial charge in [0.1, 0.15) is 0 Å². The molecule has 1 N–H and O–H groups in total. The number of benzene rings is 3. The van der Waals surface area contributed by atoms with Gasteiger partial charge in [0.25, 0.3) is 5.89 Å². The Bertz CT molecular complexity index is 1340. The topological polar surface area (TPSA) is 71.3 Å². The Balaban J connectivity index is 1.59. The van der Waals surface area contributed by atoms with Crippen molar-refractivity contribution in [2.24, 2.45) is 0 Å². The summed E-state index contributed by atoms with van der Waals surface area (Å²) >= 11 is 0. The van der Waals surface area contributed by atoms with Crippen LogP contribution in [0.4, 0.5) is 4.79 Å². The molecule has 2 amide bonds. The van der Waals surface area contributed by atoms with Crippen LogP contribution >= 0.6 is 0 Å². The number of allylic oxidation sites excluding steroid dienone is 1. The zero-order chi connectivity index (χ0) is 23.7. The van der Waals surface area contributed by atoms with Gasteiger partial charge in [-0.25, -0.2) is 4.79 Å². The van der Waals surface area contributed by atoms with Crippen molar-refractivity contribution in [1.82, 2.24) is 20.4 Å². The van der Waals surface area contributed by atoms with Gasteiger partial charge in [0.15, 0.2) is 0 Å². The summed E-state index contributed by atoms with van der Waals surface area (Å²) in [6.45, 7) is 6.46. The SMILES string of the molecule is CC1=C(c2nc(-c3ccc(C)cc3)no2)C(c2ccc(C)cc2)NC(=O)N1Cc1ccccc1. The monoisotopic (exact) mass is 450 g/mol. The molecule has 34 heavy (non-hydrogen) atoms. The molecule has 1 aromatic heterocycles. The number of rotatable bonds is 5. The van der Waals surface area contributed by atoms with E-state index in [0.717, 1.165) is 39.1 Å². The molecule has 0 saturated heterocycles. The van der Waals surface area contributed by atoms with E-state index in [4.69, 9.17) is 9.51 Å². The van der Waals surface area contributed by atoms with E-state index in [9.17, 15) is 4.79 Å². The van der Waals surface area contributed by atoms with Gasteiger partial charge in [-0.2, -0.15) is 4.98 Å². The van der Waals surface area contributed by atoms with E-state index < -0.39 is 6.04 Å². The Morgan fingerprint density at radius 2 is 1.53 bits per heavy atom. The maximum absolute atomic E-state index is 13.2. The number of carbonyl (C=O) groups excluding carboxylic acids is 1. The molecule has 6 nitrogen and oxygen atoms in total. The molecule has 0 aliphatic carbocycles. The predicted octanol–water partition coefficient (Wildman–Crippen LogP) is 6.05. The highest BCUT2D eigenvalue weighted by Crippen LogP contribution is 2.38. The minimum Gasteiger partial charge on any atom is -0.334 e. The van der Waals surface area contributed by atoms with Gasteiger partial charge in [-0.3, -0.25) is 4.90 Å². The molecule has 0 spiro atoms. The van der Waals surface area contributed by atoms with Crippen molar-refractivity contribution in [1.29, 1.82) is 0 Å². The van der Waals surface area contributed by atoms with E-state index in [1.165, 1.54) is 0 Å². The lowest BCUT2D eigenvalue weighted by atomic mass is 9.94. The highest BCUT2D eigenvalue weighted by Gasteiger charge is 2.35. The molecule has 6 heteroatoms. The highest BCUT2D eigenvalue weighted by atomic mass is 16.5. The van der Waals surface area contributed by atoms with Crippen LogP contribution in [0.3, 0.4) is 0 Å². The van der Waals surface area contributed by atoms with Gasteiger partial charge in [-0.05, 0) is 31.9 Å². The quantitative estimate of drug-likeness (QED) is 0.402. The Labute approximate surface area is 198 Å². The molecule has 4 aromatic rings. The maximum atomic E-state index is 13.2. The van der Waals surface area contributed by atoms with Crippen LogP contribution in [0.1, 0.15) is 41.1 Å². The minimum atomic E-state index is -0.397. The summed E-state index contributed by atoms with van der Waals surface area (Å²) in [5.41, 5.74) is 6.78. The Hall–Kier alpha value is -4.19. The third-order valence-corrected chi connectivity index (χ3v) is 6.16. The summed E-state index contributed by atoms with van der Waals surface area (Å²) in [5.74, 6) is 0.918. The van der Waals surface area contributed by atoms with Gasteiger partial charge in [0.05, 0.1) is 18.2 Å². The summed E-state index contributed by atoms with van der Waals surface area (Å²) in [4.78, 5) is 19.7. The molecule has 1 aliphatic heterocycles. The fourth-order valence-corrected chi connectivity index (χ4v) is 4.18. The number of aryl methyl sites for hydroxylation is 2. The molecule has 1 unspecified atom stereocenters. The van der Waals surface area contributed by atoms with Crippen molar-refractivity contribution >= 4 is 11.6 Å². The Morgan fingerprint density at radius 3 is 2.21 bits per heavy atom. The third kappa shape index (κ3) is 4.22. The van der Waals surface area contributed by atoms with Gasteiger partial charge in [0, 0.05) is 11.3 Å². The van der Waals surface area contributed by atoms with Crippen LogP contribution < -0.4 is 5.32 Å². The first kappa shape index (κ1) is 21.6. The van der Waals surface area contributed by atoms with Crippen molar-refractivity contribution in [3.05, 3.63) is 113 Å². The van der Waals surface area contributed by atoms with E-state index >= 15 is 0 Å². The Kier molecular flexibility index (Phi) is 5.72. The average molecular weight is 451 g/mol. The number of aromatic nitrogens is 2. The largest absolute Gasteiger partial charge is 0.334 e. The number of nitrogens with one attached hydrogen (secondary N) is 1. The third-order valence-electron chi connectivity index (χ3n) is 6.16. The first-order valence-corrected chi connectivity index (χ1v) is 11.3. The van der Waals surface area contributed by atoms with Crippen LogP contribution in [-0.2, 0) is 6.54 Å². The lowest BCUT2D eigenvalue weighted by Gasteiger charge is -2.35.